The number of rotatable bonds is 4. The summed E-state index contributed by atoms with van der Waals surface area (Å²) in [6.45, 7) is 11.7. The minimum absolute atomic E-state index is 0. The lowest BCUT2D eigenvalue weighted by Crippen LogP contribution is -2.45. The van der Waals surface area contributed by atoms with Gasteiger partial charge in [0.15, 0.2) is 0 Å². The van der Waals surface area contributed by atoms with E-state index in [4.69, 9.17) is 0 Å². The number of amides is 1. The number of halogens is 1. The topological polar surface area (TPSA) is 41.1 Å². The smallest absolute Gasteiger partial charge is 0.220 e. The minimum atomic E-state index is 0. The van der Waals surface area contributed by atoms with Gasteiger partial charge >= 0.3 is 0 Å². The molecule has 0 saturated carbocycles. The highest BCUT2D eigenvalue weighted by molar-refractivity contribution is 5.85. The van der Waals surface area contributed by atoms with Crippen molar-refractivity contribution in [3.63, 3.8) is 0 Å². The van der Waals surface area contributed by atoms with E-state index in [0.717, 1.165) is 26.1 Å². The van der Waals surface area contributed by atoms with Gasteiger partial charge in [-0.1, -0.05) is 27.7 Å². The van der Waals surface area contributed by atoms with Crippen molar-refractivity contribution in [1.29, 1.82) is 0 Å². The first-order valence-electron chi connectivity index (χ1n) is 6.78. The highest BCUT2D eigenvalue weighted by atomic mass is 35.5. The maximum atomic E-state index is 11.7. The van der Waals surface area contributed by atoms with E-state index in [0.29, 0.717) is 6.42 Å². The highest BCUT2D eigenvalue weighted by Crippen LogP contribution is 2.24. The van der Waals surface area contributed by atoms with Crippen LogP contribution < -0.4 is 10.6 Å². The van der Waals surface area contributed by atoms with Gasteiger partial charge in [0.25, 0.3) is 0 Å². The Morgan fingerprint density at radius 3 is 2.56 bits per heavy atom. The van der Waals surface area contributed by atoms with Crippen LogP contribution in [0.3, 0.4) is 0 Å². The molecule has 1 unspecified atom stereocenters. The summed E-state index contributed by atoms with van der Waals surface area (Å²) in [5.41, 5.74) is 0.489. The summed E-state index contributed by atoms with van der Waals surface area (Å²) < 4.78 is 0. The van der Waals surface area contributed by atoms with Crippen LogP contribution in [0.1, 0.15) is 53.4 Å². The SMILES string of the molecule is CC(C)(C)CCC(=O)NCC1(C)CCCNC1.Cl. The Kier molecular flexibility index (Phi) is 7.23. The predicted octanol–water partition coefficient (Wildman–Crippen LogP) is 2.74. The van der Waals surface area contributed by atoms with E-state index in [1.54, 1.807) is 0 Å². The molecule has 4 heteroatoms. The molecule has 1 saturated heterocycles. The normalized spacial score (nSPS) is 24.2. The van der Waals surface area contributed by atoms with Crippen molar-refractivity contribution in [2.45, 2.75) is 53.4 Å². The molecule has 108 valence electrons. The third kappa shape index (κ3) is 7.22. The summed E-state index contributed by atoms with van der Waals surface area (Å²) >= 11 is 0. The highest BCUT2D eigenvalue weighted by Gasteiger charge is 2.27. The van der Waals surface area contributed by atoms with Crippen molar-refractivity contribution in [2.24, 2.45) is 10.8 Å². The van der Waals surface area contributed by atoms with Crippen LogP contribution in [0.25, 0.3) is 0 Å². The summed E-state index contributed by atoms with van der Waals surface area (Å²) in [7, 11) is 0. The van der Waals surface area contributed by atoms with Crippen LogP contribution >= 0.6 is 12.4 Å². The van der Waals surface area contributed by atoms with Gasteiger partial charge in [-0.05, 0) is 36.6 Å². The molecule has 0 radical (unpaired) electrons. The molecule has 0 aromatic heterocycles. The van der Waals surface area contributed by atoms with Crippen LogP contribution in [0.15, 0.2) is 0 Å². The Balaban J connectivity index is 0.00000289. The monoisotopic (exact) mass is 276 g/mol. The van der Waals surface area contributed by atoms with Crippen LogP contribution in [0.5, 0.6) is 0 Å². The van der Waals surface area contributed by atoms with Crippen LogP contribution in [0, 0.1) is 10.8 Å². The lowest BCUT2D eigenvalue weighted by Gasteiger charge is -2.34. The molecule has 18 heavy (non-hydrogen) atoms. The largest absolute Gasteiger partial charge is 0.356 e. The Labute approximate surface area is 118 Å². The first-order chi connectivity index (χ1) is 7.81. The average molecular weight is 277 g/mol. The number of carbonyl (C=O) groups excluding carboxylic acids is 1. The van der Waals surface area contributed by atoms with E-state index in [2.05, 4.69) is 38.3 Å². The van der Waals surface area contributed by atoms with Gasteiger partial charge in [0.1, 0.15) is 0 Å². The molecule has 0 aromatic rings. The molecular weight excluding hydrogens is 248 g/mol. The number of piperidine rings is 1. The van der Waals surface area contributed by atoms with E-state index in [1.165, 1.54) is 12.8 Å². The second-order valence-electron chi connectivity index (χ2n) is 6.93. The Morgan fingerprint density at radius 1 is 1.39 bits per heavy atom. The summed E-state index contributed by atoms with van der Waals surface area (Å²) in [4.78, 5) is 11.7. The summed E-state index contributed by atoms with van der Waals surface area (Å²) in [6, 6.07) is 0. The average Bonchev–Trinajstić information content (AvgIpc) is 2.24. The second kappa shape index (κ2) is 7.34. The fraction of sp³-hybridized carbons (Fsp3) is 0.929. The Bertz CT molecular complexity index is 255. The van der Waals surface area contributed by atoms with E-state index < -0.39 is 0 Å². The van der Waals surface area contributed by atoms with E-state index >= 15 is 0 Å². The predicted molar refractivity (Wildman–Crippen MR) is 79.2 cm³/mol. The van der Waals surface area contributed by atoms with Crippen molar-refractivity contribution < 1.29 is 4.79 Å². The van der Waals surface area contributed by atoms with Gasteiger partial charge in [-0.25, -0.2) is 0 Å². The molecule has 1 atom stereocenters. The molecule has 1 amide bonds. The second-order valence-corrected chi connectivity index (χ2v) is 6.93. The number of hydrogen-bond acceptors (Lipinski definition) is 2. The van der Waals surface area contributed by atoms with Crippen molar-refractivity contribution >= 4 is 18.3 Å². The maximum Gasteiger partial charge on any atom is 0.220 e. The lowest BCUT2D eigenvalue weighted by atomic mass is 9.82. The summed E-state index contributed by atoms with van der Waals surface area (Å²) in [5, 5.41) is 6.49. The first kappa shape index (κ1) is 17.7. The molecular formula is C14H29ClN2O. The third-order valence-electron chi connectivity index (χ3n) is 3.50. The minimum Gasteiger partial charge on any atom is -0.356 e. The van der Waals surface area contributed by atoms with E-state index in [9.17, 15) is 4.79 Å². The Hall–Kier alpha value is -0.280. The molecule has 1 fully saturated rings. The summed E-state index contributed by atoms with van der Waals surface area (Å²) in [5.74, 6) is 0.201. The molecule has 1 aliphatic rings. The van der Waals surface area contributed by atoms with Crippen molar-refractivity contribution in [1.82, 2.24) is 10.6 Å². The van der Waals surface area contributed by atoms with Gasteiger partial charge in [0.2, 0.25) is 5.91 Å². The third-order valence-corrected chi connectivity index (χ3v) is 3.50. The van der Waals surface area contributed by atoms with Crippen molar-refractivity contribution in [2.75, 3.05) is 19.6 Å². The molecule has 0 spiro atoms. The van der Waals surface area contributed by atoms with Gasteiger partial charge in [-0.3, -0.25) is 4.79 Å². The number of carbonyl (C=O) groups is 1. The van der Waals surface area contributed by atoms with E-state index in [1.807, 2.05) is 0 Å². The summed E-state index contributed by atoms with van der Waals surface area (Å²) in [6.07, 6.45) is 4.02. The van der Waals surface area contributed by atoms with Gasteiger partial charge in [-0.2, -0.15) is 0 Å². The first-order valence-corrected chi connectivity index (χ1v) is 6.78. The van der Waals surface area contributed by atoms with Crippen LogP contribution in [-0.4, -0.2) is 25.5 Å². The fourth-order valence-corrected chi connectivity index (χ4v) is 2.16. The number of hydrogen-bond donors (Lipinski definition) is 2. The van der Waals surface area contributed by atoms with Crippen molar-refractivity contribution in [3.8, 4) is 0 Å². The van der Waals surface area contributed by atoms with Crippen molar-refractivity contribution in [3.05, 3.63) is 0 Å². The van der Waals surface area contributed by atoms with Crippen LogP contribution in [0.2, 0.25) is 0 Å². The number of nitrogens with one attached hydrogen (secondary N) is 2. The van der Waals surface area contributed by atoms with Crippen LogP contribution in [-0.2, 0) is 4.79 Å². The van der Waals surface area contributed by atoms with Gasteiger partial charge < -0.3 is 10.6 Å². The molecule has 0 aromatic carbocycles. The zero-order valence-electron chi connectivity index (χ0n) is 12.3. The standard InChI is InChI=1S/C14H28N2O.ClH/c1-13(2,3)8-6-12(17)16-11-14(4)7-5-9-15-10-14;/h15H,5-11H2,1-4H3,(H,16,17);1H. The molecule has 0 aliphatic carbocycles. The molecule has 1 aliphatic heterocycles. The van der Waals surface area contributed by atoms with Gasteiger partial charge in [0.05, 0.1) is 0 Å². The molecule has 2 N–H and O–H groups in total. The van der Waals surface area contributed by atoms with Crippen LogP contribution in [0.4, 0.5) is 0 Å². The van der Waals surface area contributed by atoms with Gasteiger partial charge in [0, 0.05) is 19.5 Å². The zero-order valence-corrected chi connectivity index (χ0v) is 13.1. The molecule has 3 nitrogen and oxygen atoms in total. The zero-order chi connectivity index (χ0) is 12.9. The van der Waals surface area contributed by atoms with Gasteiger partial charge in [-0.15, -0.1) is 12.4 Å². The quantitative estimate of drug-likeness (QED) is 0.829. The van der Waals surface area contributed by atoms with E-state index in [-0.39, 0.29) is 29.1 Å². The lowest BCUT2D eigenvalue weighted by molar-refractivity contribution is -0.122. The maximum absolute atomic E-state index is 11.7. The molecule has 0 bridgehead atoms. The Morgan fingerprint density at radius 2 is 2.06 bits per heavy atom. The fourth-order valence-electron chi connectivity index (χ4n) is 2.16. The molecule has 1 rings (SSSR count). The molecule has 1 heterocycles.